The summed E-state index contributed by atoms with van der Waals surface area (Å²) in [7, 11) is 2.19. The molecule has 0 atom stereocenters. The van der Waals surface area contributed by atoms with Crippen LogP contribution in [0.1, 0.15) is 11.1 Å². The molecular formula is C14H16O6. The number of carbonyl (C=O) groups is 2. The van der Waals surface area contributed by atoms with Crippen LogP contribution in [-0.2, 0) is 19.1 Å². The maximum atomic E-state index is 11.6. The Kier molecular flexibility index (Phi) is 5.14. The van der Waals surface area contributed by atoms with E-state index in [2.05, 4.69) is 9.47 Å². The van der Waals surface area contributed by atoms with Gasteiger partial charge in [0.1, 0.15) is 5.75 Å². The molecule has 0 aliphatic heterocycles. The molecule has 6 nitrogen and oxygen atoms in total. The van der Waals surface area contributed by atoms with Crippen molar-refractivity contribution in [2.24, 2.45) is 0 Å². The van der Waals surface area contributed by atoms with E-state index in [4.69, 9.17) is 4.74 Å². The van der Waals surface area contributed by atoms with E-state index in [0.717, 1.165) is 25.3 Å². The smallest absolute Gasteiger partial charge is 0.378 e. The monoisotopic (exact) mass is 280 g/mol. The number of methoxy groups -OCH3 is 2. The van der Waals surface area contributed by atoms with Crippen molar-refractivity contribution in [3.05, 3.63) is 40.8 Å². The highest BCUT2D eigenvalue weighted by molar-refractivity contribution is 5.97. The number of rotatable bonds is 4. The molecule has 0 heterocycles. The van der Waals surface area contributed by atoms with E-state index >= 15 is 0 Å². The molecule has 0 amide bonds. The summed E-state index contributed by atoms with van der Waals surface area (Å²) in [5.41, 5.74) is 1.63. The average molecular weight is 280 g/mol. The summed E-state index contributed by atoms with van der Waals surface area (Å²) in [5.74, 6) is -3.29. The number of ether oxygens (including phenoxy) is 3. The standard InChI is InChI=1S/C14H16O6/c1-8-5-6-9(2)10(7-8)20-12(14(17)19-4)11(15)13(16)18-3/h5-7,15H,1-4H3/b12-11-. The molecule has 0 aromatic heterocycles. The summed E-state index contributed by atoms with van der Waals surface area (Å²) >= 11 is 0. The molecule has 0 aliphatic carbocycles. The van der Waals surface area contributed by atoms with Gasteiger partial charge in [0.2, 0.25) is 0 Å². The molecule has 1 rings (SSSR count). The molecule has 1 N–H and O–H groups in total. The molecule has 1 aromatic rings. The predicted octanol–water partition coefficient (Wildman–Crippen LogP) is 1.80. The Morgan fingerprint density at radius 1 is 1.05 bits per heavy atom. The Morgan fingerprint density at radius 2 is 1.65 bits per heavy atom. The number of hydrogen-bond donors (Lipinski definition) is 1. The molecule has 0 bridgehead atoms. The Morgan fingerprint density at radius 3 is 2.20 bits per heavy atom. The Labute approximate surface area is 116 Å². The zero-order valence-corrected chi connectivity index (χ0v) is 11.7. The fraction of sp³-hybridized carbons (Fsp3) is 0.286. The molecule has 0 spiro atoms. The van der Waals surface area contributed by atoms with Crippen molar-refractivity contribution < 1.29 is 28.9 Å². The van der Waals surface area contributed by atoms with Crippen LogP contribution < -0.4 is 4.74 Å². The summed E-state index contributed by atoms with van der Waals surface area (Å²) in [4.78, 5) is 22.9. The van der Waals surface area contributed by atoms with Crippen LogP contribution in [0.3, 0.4) is 0 Å². The van der Waals surface area contributed by atoms with Crippen LogP contribution in [0, 0.1) is 13.8 Å². The molecular weight excluding hydrogens is 264 g/mol. The van der Waals surface area contributed by atoms with Gasteiger partial charge in [-0.15, -0.1) is 0 Å². The van der Waals surface area contributed by atoms with Gasteiger partial charge in [-0.2, -0.15) is 0 Å². The van der Waals surface area contributed by atoms with E-state index in [1.165, 1.54) is 0 Å². The zero-order valence-electron chi connectivity index (χ0n) is 11.7. The third kappa shape index (κ3) is 3.50. The number of aryl methyl sites for hydroxylation is 2. The Balaban J connectivity index is 3.24. The first kappa shape index (κ1) is 15.6. The summed E-state index contributed by atoms with van der Waals surface area (Å²) < 4.78 is 14.1. The third-order valence-electron chi connectivity index (χ3n) is 2.52. The van der Waals surface area contributed by atoms with Gasteiger partial charge >= 0.3 is 11.9 Å². The average Bonchev–Trinajstić information content (AvgIpc) is 2.45. The lowest BCUT2D eigenvalue weighted by molar-refractivity contribution is -0.143. The zero-order chi connectivity index (χ0) is 15.3. The number of aliphatic hydroxyl groups excluding tert-OH is 1. The maximum absolute atomic E-state index is 11.6. The van der Waals surface area contributed by atoms with Crippen molar-refractivity contribution >= 4 is 11.9 Å². The summed E-state index contributed by atoms with van der Waals surface area (Å²) in [6.45, 7) is 3.60. The predicted molar refractivity (Wildman–Crippen MR) is 70.2 cm³/mol. The van der Waals surface area contributed by atoms with Crippen molar-refractivity contribution in [3.63, 3.8) is 0 Å². The Bertz CT molecular complexity index is 559. The molecule has 1 aromatic carbocycles. The van der Waals surface area contributed by atoms with Gasteiger partial charge in [-0.25, -0.2) is 9.59 Å². The second-order valence-corrected chi connectivity index (χ2v) is 4.03. The normalized spacial score (nSPS) is 11.4. The van der Waals surface area contributed by atoms with E-state index in [1.54, 1.807) is 19.1 Å². The molecule has 0 radical (unpaired) electrons. The SMILES string of the molecule is COC(=O)/C(O)=C(/Oc1cc(C)ccc1C)C(=O)OC. The second-order valence-electron chi connectivity index (χ2n) is 4.03. The van der Waals surface area contributed by atoms with E-state index in [1.807, 2.05) is 13.0 Å². The third-order valence-corrected chi connectivity index (χ3v) is 2.52. The summed E-state index contributed by atoms with van der Waals surface area (Å²) in [5, 5.41) is 9.68. The molecule has 0 aliphatic rings. The topological polar surface area (TPSA) is 82.1 Å². The lowest BCUT2D eigenvalue weighted by Gasteiger charge is -2.12. The summed E-state index contributed by atoms with van der Waals surface area (Å²) in [6, 6.07) is 5.32. The minimum atomic E-state index is -1.09. The molecule has 6 heteroatoms. The highest BCUT2D eigenvalue weighted by atomic mass is 16.6. The van der Waals surface area contributed by atoms with Crippen LogP contribution in [0.2, 0.25) is 0 Å². The minimum absolute atomic E-state index is 0.334. The second kappa shape index (κ2) is 6.60. The number of esters is 2. The molecule has 0 saturated heterocycles. The van der Waals surface area contributed by atoms with Crippen LogP contribution in [0.15, 0.2) is 29.7 Å². The van der Waals surface area contributed by atoms with Crippen molar-refractivity contribution in [2.45, 2.75) is 13.8 Å². The first-order valence-electron chi connectivity index (χ1n) is 5.75. The van der Waals surface area contributed by atoms with Crippen molar-refractivity contribution in [1.82, 2.24) is 0 Å². The Hall–Kier alpha value is -2.50. The van der Waals surface area contributed by atoms with Crippen molar-refractivity contribution in [1.29, 1.82) is 0 Å². The van der Waals surface area contributed by atoms with E-state index in [9.17, 15) is 14.7 Å². The highest BCUT2D eigenvalue weighted by Crippen LogP contribution is 2.23. The summed E-state index contributed by atoms with van der Waals surface area (Å²) in [6.07, 6.45) is 0. The highest BCUT2D eigenvalue weighted by Gasteiger charge is 2.25. The van der Waals surface area contributed by atoms with Gasteiger partial charge in [-0.3, -0.25) is 0 Å². The first-order valence-corrected chi connectivity index (χ1v) is 5.75. The number of hydrogen-bond acceptors (Lipinski definition) is 6. The maximum Gasteiger partial charge on any atom is 0.378 e. The lowest BCUT2D eigenvalue weighted by atomic mass is 10.1. The lowest BCUT2D eigenvalue weighted by Crippen LogP contribution is -2.19. The van der Waals surface area contributed by atoms with Gasteiger partial charge in [-0.1, -0.05) is 12.1 Å². The van der Waals surface area contributed by atoms with Crippen LogP contribution >= 0.6 is 0 Å². The van der Waals surface area contributed by atoms with Gasteiger partial charge in [0.05, 0.1) is 14.2 Å². The fourth-order valence-corrected chi connectivity index (χ4v) is 1.40. The minimum Gasteiger partial charge on any atom is -0.499 e. The number of aliphatic hydroxyl groups is 1. The molecule has 0 unspecified atom stereocenters. The molecule has 108 valence electrons. The first-order chi connectivity index (χ1) is 9.40. The van der Waals surface area contributed by atoms with Crippen LogP contribution in [0.5, 0.6) is 5.75 Å². The molecule has 0 fully saturated rings. The number of carbonyl (C=O) groups excluding carboxylic acids is 2. The van der Waals surface area contributed by atoms with Gasteiger partial charge in [0.15, 0.2) is 0 Å². The van der Waals surface area contributed by atoms with E-state index in [-0.39, 0.29) is 0 Å². The largest absolute Gasteiger partial charge is 0.499 e. The van der Waals surface area contributed by atoms with Crippen molar-refractivity contribution in [3.8, 4) is 5.75 Å². The molecule has 20 heavy (non-hydrogen) atoms. The quantitative estimate of drug-likeness (QED) is 0.514. The molecule has 0 saturated carbocycles. The van der Waals surface area contributed by atoms with Crippen molar-refractivity contribution in [2.75, 3.05) is 14.2 Å². The van der Waals surface area contributed by atoms with Crippen LogP contribution in [-0.4, -0.2) is 31.3 Å². The van der Waals surface area contributed by atoms with Crippen LogP contribution in [0.25, 0.3) is 0 Å². The van der Waals surface area contributed by atoms with E-state index in [0.29, 0.717) is 5.75 Å². The van der Waals surface area contributed by atoms with Gasteiger partial charge in [0.25, 0.3) is 11.5 Å². The van der Waals surface area contributed by atoms with Crippen LogP contribution in [0.4, 0.5) is 0 Å². The fourth-order valence-electron chi connectivity index (χ4n) is 1.40. The number of benzene rings is 1. The van der Waals surface area contributed by atoms with Gasteiger partial charge in [0, 0.05) is 0 Å². The van der Waals surface area contributed by atoms with Gasteiger partial charge < -0.3 is 19.3 Å². The van der Waals surface area contributed by atoms with Gasteiger partial charge in [-0.05, 0) is 31.0 Å². The van der Waals surface area contributed by atoms with E-state index < -0.39 is 23.5 Å².